The third-order valence-corrected chi connectivity index (χ3v) is 3.65. The van der Waals surface area contributed by atoms with Crippen LogP contribution >= 0.6 is 22.6 Å². The van der Waals surface area contributed by atoms with E-state index in [-0.39, 0.29) is 0 Å². The average molecular weight is 324 g/mol. The van der Waals surface area contributed by atoms with E-state index in [0.717, 1.165) is 0 Å². The molecule has 0 bridgehead atoms. The molecule has 0 N–H and O–H groups in total. The number of rotatable bonds is 1. The van der Waals surface area contributed by atoms with Crippen LogP contribution in [0.3, 0.4) is 0 Å². The van der Waals surface area contributed by atoms with Gasteiger partial charge in [0.1, 0.15) is 7.05 Å². The van der Waals surface area contributed by atoms with E-state index in [2.05, 4.69) is 84.6 Å². The molecule has 0 saturated carbocycles. The molecule has 1 aromatic heterocycles. The quantitative estimate of drug-likeness (QED) is 0.559. The van der Waals surface area contributed by atoms with Gasteiger partial charge in [0.05, 0.1) is 9.13 Å². The lowest BCUT2D eigenvalue weighted by Gasteiger charge is -2.07. The largest absolute Gasteiger partial charge is 0.225 e. The Morgan fingerprint density at radius 2 is 1.88 bits per heavy atom. The Labute approximate surface area is 110 Å². The standard InChI is InChI=1S/C14H15IN/c1-10-6-7-11(2)12(9-10)14-13(15)5-4-8-16(14)3/h4-9H,1-3H3/q+1. The lowest BCUT2D eigenvalue weighted by atomic mass is 10.0. The Bertz CT molecular complexity index is 512. The van der Waals surface area contributed by atoms with Crippen LogP contribution in [0.2, 0.25) is 0 Å². The zero-order valence-corrected chi connectivity index (χ0v) is 11.9. The van der Waals surface area contributed by atoms with Crippen LogP contribution in [0.1, 0.15) is 11.1 Å². The Hall–Kier alpha value is -0.900. The molecule has 16 heavy (non-hydrogen) atoms. The molecule has 1 aromatic carbocycles. The minimum atomic E-state index is 1.29. The van der Waals surface area contributed by atoms with E-state index in [1.807, 2.05) is 0 Å². The van der Waals surface area contributed by atoms with Crippen molar-refractivity contribution in [3.63, 3.8) is 0 Å². The number of aryl methyl sites for hydroxylation is 3. The SMILES string of the molecule is Cc1ccc(C)c(-c2c(I)ccc[n+]2C)c1. The van der Waals surface area contributed by atoms with E-state index in [9.17, 15) is 0 Å². The van der Waals surface area contributed by atoms with Crippen LogP contribution in [-0.4, -0.2) is 0 Å². The fraction of sp³-hybridized carbons (Fsp3) is 0.214. The zero-order valence-electron chi connectivity index (χ0n) is 9.79. The van der Waals surface area contributed by atoms with Crippen molar-refractivity contribution in [3.05, 3.63) is 51.2 Å². The van der Waals surface area contributed by atoms with Gasteiger partial charge in [-0.15, -0.1) is 0 Å². The first kappa shape index (κ1) is 11.6. The number of benzene rings is 1. The van der Waals surface area contributed by atoms with Crippen molar-refractivity contribution in [2.45, 2.75) is 13.8 Å². The summed E-state index contributed by atoms with van der Waals surface area (Å²) in [7, 11) is 2.10. The first-order valence-corrected chi connectivity index (χ1v) is 6.39. The third-order valence-electron chi connectivity index (χ3n) is 2.78. The number of pyridine rings is 1. The van der Waals surface area contributed by atoms with Gasteiger partial charge in [0.2, 0.25) is 5.69 Å². The van der Waals surface area contributed by atoms with Gasteiger partial charge in [0, 0.05) is 6.07 Å². The second kappa shape index (κ2) is 4.53. The summed E-state index contributed by atoms with van der Waals surface area (Å²) in [5.41, 5.74) is 5.25. The number of hydrogen-bond acceptors (Lipinski definition) is 0. The van der Waals surface area contributed by atoms with Gasteiger partial charge in [-0.1, -0.05) is 17.7 Å². The number of aromatic nitrogens is 1. The Balaban J connectivity index is 2.72. The molecule has 0 unspecified atom stereocenters. The van der Waals surface area contributed by atoms with Crippen molar-refractivity contribution >= 4 is 22.6 Å². The van der Waals surface area contributed by atoms with E-state index in [1.165, 1.54) is 26.0 Å². The van der Waals surface area contributed by atoms with Crippen molar-refractivity contribution in [2.75, 3.05) is 0 Å². The minimum Gasteiger partial charge on any atom is -0.200 e. The fourth-order valence-corrected chi connectivity index (χ4v) is 2.77. The van der Waals surface area contributed by atoms with Crippen LogP contribution in [0.15, 0.2) is 36.5 Å². The van der Waals surface area contributed by atoms with Crippen LogP contribution in [0, 0.1) is 17.4 Å². The van der Waals surface area contributed by atoms with Gasteiger partial charge in [-0.25, -0.2) is 4.57 Å². The molecule has 2 aromatic rings. The van der Waals surface area contributed by atoms with Gasteiger partial charge in [-0.2, -0.15) is 0 Å². The van der Waals surface area contributed by atoms with E-state index < -0.39 is 0 Å². The van der Waals surface area contributed by atoms with Crippen molar-refractivity contribution in [1.29, 1.82) is 0 Å². The third kappa shape index (κ3) is 2.12. The fourth-order valence-electron chi connectivity index (χ4n) is 1.89. The molecule has 0 amide bonds. The van der Waals surface area contributed by atoms with Gasteiger partial charge in [-0.05, 0) is 54.1 Å². The number of nitrogens with zero attached hydrogens (tertiary/aromatic N) is 1. The second-order valence-corrected chi connectivity index (χ2v) is 5.30. The summed E-state index contributed by atoms with van der Waals surface area (Å²) in [5, 5.41) is 0. The Kier molecular flexibility index (Phi) is 3.28. The highest BCUT2D eigenvalue weighted by atomic mass is 127. The molecule has 0 aliphatic heterocycles. The average Bonchev–Trinajstić information content (AvgIpc) is 2.23. The molecular weight excluding hydrogens is 309 g/mol. The van der Waals surface area contributed by atoms with E-state index in [1.54, 1.807) is 0 Å². The molecule has 0 atom stereocenters. The molecule has 2 heteroatoms. The monoisotopic (exact) mass is 324 g/mol. The topological polar surface area (TPSA) is 3.88 Å². The second-order valence-electron chi connectivity index (χ2n) is 4.13. The molecule has 0 aliphatic carbocycles. The summed E-state index contributed by atoms with van der Waals surface area (Å²) in [6.45, 7) is 4.30. The summed E-state index contributed by atoms with van der Waals surface area (Å²) in [4.78, 5) is 0. The maximum absolute atomic E-state index is 2.40. The van der Waals surface area contributed by atoms with Crippen LogP contribution in [0.5, 0.6) is 0 Å². The van der Waals surface area contributed by atoms with Crippen molar-refractivity contribution in [3.8, 4) is 11.3 Å². The van der Waals surface area contributed by atoms with Crippen LogP contribution in [0.4, 0.5) is 0 Å². The number of halogens is 1. The molecular formula is C14H15IN+. The van der Waals surface area contributed by atoms with Crippen molar-refractivity contribution < 1.29 is 4.57 Å². The van der Waals surface area contributed by atoms with Crippen molar-refractivity contribution in [2.24, 2.45) is 7.05 Å². The molecule has 1 heterocycles. The maximum Gasteiger partial charge on any atom is 0.225 e. The Morgan fingerprint density at radius 3 is 2.56 bits per heavy atom. The summed E-state index contributed by atoms with van der Waals surface area (Å²) in [5.74, 6) is 0. The van der Waals surface area contributed by atoms with Gasteiger partial charge in [0.15, 0.2) is 6.20 Å². The smallest absolute Gasteiger partial charge is 0.200 e. The Morgan fingerprint density at radius 1 is 1.12 bits per heavy atom. The summed E-state index contributed by atoms with van der Waals surface area (Å²) in [6.07, 6.45) is 2.10. The van der Waals surface area contributed by atoms with Gasteiger partial charge < -0.3 is 0 Å². The number of hydrogen-bond donors (Lipinski definition) is 0. The highest BCUT2D eigenvalue weighted by Gasteiger charge is 2.15. The van der Waals surface area contributed by atoms with E-state index >= 15 is 0 Å². The van der Waals surface area contributed by atoms with Gasteiger partial charge >= 0.3 is 0 Å². The minimum absolute atomic E-state index is 1.29. The molecule has 2 rings (SSSR count). The highest BCUT2D eigenvalue weighted by molar-refractivity contribution is 14.1. The van der Waals surface area contributed by atoms with Crippen LogP contribution in [0.25, 0.3) is 11.3 Å². The molecule has 0 radical (unpaired) electrons. The zero-order chi connectivity index (χ0) is 11.7. The van der Waals surface area contributed by atoms with E-state index in [4.69, 9.17) is 0 Å². The van der Waals surface area contributed by atoms with Crippen LogP contribution in [-0.2, 0) is 7.05 Å². The van der Waals surface area contributed by atoms with Crippen LogP contribution < -0.4 is 4.57 Å². The predicted octanol–water partition coefficient (Wildman–Crippen LogP) is 3.40. The molecule has 0 fully saturated rings. The summed E-state index contributed by atoms with van der Waals surface area (Å²) in [6, 6.07) is 10.8. The predicted molar refractivity (Wildman–Crippen MR) is 75.2 cm³/mol. The molecule has 1 nitrogen and oxygen atoms in total. The van der Waals surface area contributed by atoms with E-state index in [0.29, 0.717) is 0 Å². The molecule has 0 saturated heterocycles. The first-order chi connectivity index (χ1) is 7.59. The molecule has 0 spiro atoms. The van der Waals surface area contributed by atoms with Crippen molar-refractivity contribution in [1.82, 2.24) is 0 Å². The summed E-state index contributed by atoms with van der Waals surface area (Å²) >= 11 is 2.40. The molecule has 0 aliphatic rings. The van der Waals surface area contributed by atoms with Gasteiger partial charge in [-0.3, -0.25) is 0 Å². The van der Waals surface area contributed by atoms with Gasteiger partial charge in [0.25, 0.3) is 0 Å². The lowest BCUT2D eigenvalue weighted by molar-refractivity contribution is -0.661. The normalized spacial score (nSPS) is 10.5. The molecule has 82 valence electrons. The maximum atomic E-state index is 2.40. The highest BCUT2D eigenvalue weighted by Crippen LogP contribution is 2.25. The summed E-state index contributed by atoms with van der Waals surface area (Å²) < 4.78 is 3.47. The first-order valence-electron chi connectivity index (χ1n) is 5.31. The lowest BCUT2D eigenvalue weighted by Crippen LogP contribution is -2.31.